The molecule has 0 aromatic rings. The molecule has 1 rings (SSSR count). The molecular weight excluding hydrogens is 368 g/mol. The summed E-state index contributed by atoms with van der Waals surface area (Å²) in [6, 6.07) is -0.161. The molecule has 0 aromatic carbocycles. The Morgan fingerprint density at radius 3 is 2.04 bits per heavy atom. The number of amides is 3. The maximum absolute atomic E-state index is 11.6. The molecule has 1 heterocycles. The zero-order chi connectivity index (χ0) is 20.5. The first-order chi connectivity index (χ1) is 13.6. The van der Waals surface area contributed by atoms with Gasteiger partial charge < -0.3 is 25.4 Å². The van der Waals surface area contributed by atoms with Crippen molar-refractivity contribution in [2.75, 3.05) is 32.8 Å². The highest BCUT2D eigenvalue weighted by Gasteiger charge is 2.31. The van der Waals surface area contributed by atoms with Crippen LogP contribution in [-0.2, 0) is 19.1 Å². The predicted octanol–water partition coefficient (Wildman–Crippen LogP) is 1.39. The van der Waals surface area contributed by atoms with Crippen LogP contribution in [0.4, 0.5) is 9.59 Å². The van der Waals surface area contributed by atoms with Crippen molar-refractivity contribution in [3.63, 3.8) is 0 Å². The number of hydrogen-bond donors (Lipinski definition) is 3. The van der Waals surface area contributed by atoms with Gasteiger partial charge in [0, 0.05) is 19.6 Å². The summed E-state index contributed by atoms with van der Waals surface area (Å²) >= 11 is 0. The van der Waals surface area contributed by atoms with E-state index in [4.69, 9.17) is 0 Å². The molecule has 0 aromatic heterocycles. The van der Waals surface area contributed by atoms with Crippen molar-refractivity contribution in [1.82, 2.24) is 16.0 Å². The van der Waals surface area contributed by atoms with E-state index in [9.17, 15) is 19.2 Å². The molecule has 1 saturated heterocycles. The number of rotatable bonds is 15. The highest BCUT2D eigenvalue weighted by molar-refractivity contribution is 5.84. The van der Waals surface area contributed by atoms with E-state index in [1.165, 1.54) is 6.08 Å². The summed E-state index contributed by atoms with van der Waals surface area (Å²) in [7, 11) is 0. The molecule has 10 nitrogen and oxygen atoms in total. The number of carbonyl (C=O) groups excluding carboxylic acids is 4. The number of carbonyl (C=O) groups is 3. The Labute approximate surface area is 164 Å². The van der Waals surface area contributed by atoms with E-state index in [-0.39, 0.29) is 18.5 Å². The Morgan fingerprint density at radius 2 is 1.50 bits per heavy atom. The molecule has 0 radical (unpaired) electrons. The van der Waals surface area contributed by atoms with Gasteiger partial charge in [-0.2, -0.15) is 0 Å². The van der Waals surface area contributed by atoms with E-state index in [0.29, 0.717) is 26.2 Å². The zero-order valence-electron chi connectivity index (χ0n) is 16.2. The number of ether oxygens (including phenoxy) is 2. The lowest BCUT2D eigenvalue weighted by atomic mass is 10.2. The van der Waals surface area contributed by atoms with E-state index in [2.05, 4.69) is 30.4 Å². The fourth-order valence-corrected chi connectivity index (χ4v) is 2.57. The number of cyclic esters (lactones) is 2. The second kappa shape index (κ2) is 15.4. The van der Waals surface area contributed by atoms with Crippen molar-refractivity contribution in [1.29, 1.82) is 0 Å². The number of nitrogens with zero attached hydrogens (tertiary/aromatic N) is 1. The lowest BCUT2D eigenvalue weighted by Gasteiger charge is -2.09. The quantitative estimate of drug-likeness (QED) is 0.165. The molecule has 1 unspecified atom stereocenters. The first kappa shape index (κ1) is 23.4. The molecule has 1 fully saturated rings. The zero-order valence-corrected chi connectivity index (χ0v) is 16.2. The summed E-state index contributed by atoms with van der Waals surface area (Å²) in [4.78, 5) is 47.4. The first-order valence-electron chi connectivity index (χ1n) is 9.80. The van der Waals surface area contributed by atoms with E-state index >= 15 is 0 Å². The summed E-state index contributed by atoms with van der Waals surface area (Å²) in [6.45, 7) is 2.24. The molecule has 28 heavy (non-hydrogen) atoms. The molecule has 10 heteroatoms. The second-order valence-electron chi connectivity index (χ2n) is 6.44. The fourth-order valence-electron chi connectivity index (χ4n) is 2.57. The predicted molar refractivity (Wildman–Crippen MR) is 101 cm³/mol. The summed E-state index contributed by atoms with van der Waals surface area (Å²) in [5.74, 6) is -0.335. The third-order valence-corrected chi connectivity index (χ3v) is 4.12. The van der Waals surface area contributed by atoms with Gasteiger partial charge in [0.25, 0.3) is 5.91 Å². The van der Waals surface area contributed by atoms with Crippen molar-refractivity contribution >= 4 is 24.2 Å². The van der Waals surface area contributed by atoms with Crippen LogP contribution in [-0.4, -0.2) is 63.1 Å². The van der Waals surface area contributed by atoms with Gasteiger partial charge in [-0.1, -0.05) is 25.7 Å². The topological polar surface area (TPSA) is 135 Å². The smallest absolute Gasteiger partial charge is 0.430 e. The molecule has 3 N–H and O–H groups in total. The molecule has 0 saturated carbocycles. The molecule has 0 bridgehead atoms. The fraction of sp³-hybridized carbons (Fsp3) is 0.778. The average Bonchev–Trinajstić information content (AvgIpc) is 3.12. The lowest BCUT2D eigenvalue weighted by Crippen LogP contribution is -2.36. The third kappa shape index (κ3) is 11.9. The van der Waals surface area contributed by atoms with Gasteiger partial charge in [-0.25, -0.2) is 19.4 Å². The number of isocyanates is 1. The molecular formula is C18H30N4O6. The molecule has 1 atom stereocenters. The molecule has 158 valence electrons. The minimum Gasteiger partial charge on any atom is -0.430 e. The van der Waals surface area contributed by atoms with Gasteiger partial charge in [0.15, 0.2) is 0 Å². The van der Waals surface area contributed by atoms with Crippen molar-refractivity contribution in [2.45, 2.75) is 57.5 Å². The normalized spacial score (nSPS) is 15.1. The maximum atomic E-state index is 11.6. The minimum absolute atomic E-state index is 0.0329. The molecule has 0 spiro atoms. The summed E-state index contributed by atoms with van der Waals surface area (Å²) in [6.07, 6.45) is 7.16. The number of nitrogens with one attached hydrogen (secondary N) is 3. The van der Waals surface area contributed by atoms with Gasteiger partial charge in [0.1, 0.15) is 6.61 Å². The monoisotopic (exact) mass is 398 g/mol. The third-order valence-electron chi connectivity index (χ3n) is 4.12. The van der Waals surface area contributed by atoms with Crippen LogP contribution in [0.3, 0.4) is 0 Å². The Morgan fingerprint density at radius 1 is 0.929 bits per heavy atom. The van der Waals surface area contributed by atoms with Crippen LogP contribution in [0.5, 0.6) is 0 Å². The van der Waals surface area contributed by atoms with Crippen LogP contribution in [0.25, 0.3) is 0 Å². The number of hydrogen-bond acceptors (Lipinski definition) is 7. The number of aliphatic imine (C=N–C) groups is 1. The SMILES string of the molecule is O=C=NCCCCCCNC(=O)NCCCCCCNC(=O)C1COC(=O)O1. The van der Waals surface area contributed by atoms with Crippen molar-refractivity contribution in [2.24, 2.45) is 4.99 Å². The minimum atomic E-state index is -0.841. The Kier molecular flexibility index (Phi) is 12.9. The molecule has 3 amide bonds. The second-order valence-corrected chi connectivity index (χ2v) is 6.44. The summed E-state index contributed by atoms with van der Waals surface area (Å²) in [5.41, 5.74) is 0. The summed E-state index contributed by atoms with van der Waals surface area (Å²) < 4.78 is 9.24. The van der Waals surface area contributed by atoms with Gasteiger partial charge in [-0.15, -0.1) is 0 Å². The van der Waals surface area contributed by atoms with Crippen molar-refractivity contribution < 1.29 is 28.7 Å². The molecule has 0 aliphatic carbocycles. The van der Waals surface area contributed by atoms with Crippen molar-refractivity contribution in [3.05, 3.63) is 0 Å². The van der Waals surface area contributed by atoms with E-state index in [1.54, 1.807) is 0 Å². The van der Waals surface area contributed by atoms with Crippen LogP contribution in [0.2, 0.25) is 0 Å². The largest absolute Gasteiger partial charge is 0.509 e. The highest BCUT2D eigenvalue weighted by Crippen LogP contribution is 2.06. The van der Waals surface area contributed by atoms with E-state index in [0.717, 1.165) is 51.4 Å². The highest BCUT2D eigenvalue weighted by atomic mass is 16.8. The lowest BCUT2D eigenvalue weighted by molar-refractivity contribution is -0.127. The number of urea groups is 1. The maximum Gasteiger partial charge on any atom is 0.509 e. The van der Waals surface area contributed by atoms with Gasteiger partial charge in [0.2, 0.25) is 12.2 Å². The first-order valence-corrected chi connectivity index (χ1v) is 9.80. The van der Waals surface area contributed by atoms with Crippen LogP contribution < -0.4 is 16.0 Å². The standard InChI is InChI=1S/C18H30N4O6/c23-14-19-9-5-1-2-7-11-21-17(25)22-12-8-4-3-6-10-20-16(24)15-13-27-18(26)28-15/h15H,1-13H2,(H,20,24)(H2,21,22,25). The Balaban J connectivity index is 1.82. The van der Waals surface area contributed by atoms with E-state index < -0.39 is 12.3 Å². The van der Waals surface area contributed by atoms with Gasteiger partial charge in [0.05, 0.1) is 6.54 Å². The van der Waals surface area contributed by atoms with Gasteiger partial charge in [-0.05, 0) is 25.7 Å². The number of unbranched alkanes of at least 4 members (excludes halogenated alkanes) is 6. The Hall–Kier alpha value is -2.61. The average molecular weight is 398 g/mol. The van der Waals surface area contributed by atoms with Crippen LogP contribution in [0, 0.1) is 0 Å². The Bertz CT molecular complexity index is 536. The molecule has 1 aliphatic rings. The van der Waals surface area contributed by atoms with Crippen LogP contribution >= 0.6 is 0 Å². The van der Waals surface area contributed by atoms with E-state index in [1.807, 2.05) is 0 Å². The van der Waals surface area contributed by atoms with Gasteiger partial charge in [-0.3, -0.25) is 4.79 Å². The van der Waals surface area contributed by atoms with Gasteiger partial charge >= 0.3 is 12.2 Å². The summed E-state index contributed by atoms with van der Waals surface area (Å²) in [5, 5.41) is 8.32. The van der Waals surface area contributed by atoms with Crippen molar-refractivity contribution in [3.8, 4) is 0 Å². The van der Waals surface area contributed by atoms with Crippen LogP contribution in [0.1, 0.15) is 51.4 Å². The van der Waals surface area contributed by atoms with Crippen LogP contribution in [0.15, 0.2) is 4.99 Å². The molecule has 1 aliphatic heterocycles.